The maximum absolute atomic E-state index is 12.4. The van der Waals surface area contributed by atoms with Crippen molar-refractivity contribution in [3.05, 3.63) is 77.6 Å². The van der Waals surface area contributed by atoms with Crippen LogP contribution >= 0.6 is 0 Å². The average Bonchev–Trinajstić information content (AvgIpc) is 3.09. The van der Waals surface area contributed by atoms with Crippen LogP contribution in [0.2, 0.25) is 0 Å². The number of nitrogens with one attached hydrogen (secondary N) is 1. The zero-order valence-electron chi connectivity index (χ0n) is 16.6. The zero-order chi connectivity index (χ0) is 20.2. The van der Waals surface area contributed by atoms with Crippen LogP contribution < -0.4 is 15.0 Å². The first-order valence-corrected chi connectivity index (χ1v) is 9.76. The van der Waals surface area contributed by atoms with Crippen LogP contribution in [0.3, 0.4) is 0 Å². The van der Waals surface area contributed by atoms with E-state index in [-0.39, 0.29) is 11.9 Å². The molecule has 29 heavy (non-hydrogen) atoms. The summed E-state index contributed by atoms with van der Waals surface area (Å²) in [4.78, 5) is 23.5. The summed E-state index contributed by atoms with van der Waals surface area (Å²) in [6.07, 6.45) is 4.88. The fraction of sp³-hybridized carbons (Fsp3) is 0.261. The molecule has 3 aromatic rings. The molecule has 0 fully saturated rings. The van der Waals surface area contributed by atoms with Gasteiger partial charge < -0.3 is 15.0 Å². The largest absolute Gasteiger partial charge is 0.497 e. The van der Waals surface area contributed by atoms with Gasteiger partial charge in [0.25, 0.3) is 5.91 Å². The van der Waals surface area contributed by atoms with E-state index in [0.717, 1.165) is 29.8 Å². The predicted octanol–water partition coefficient (Wildman–Crippen LogP) is 3.54. The zero-order valence-corrected chi connectivity index (χ0v) is 16.6. The Morgan fingerprint density at radius 3 is 2.76 bits per heavy atom. The number of carbonyl (C=O) groups is 1. The van der Waals surface area contributed by atoms with Crippen molar-refractivity contribution in [2.45, 2.75) is 25.8 Å². The van der Waals surface area contributed by atoms with E-state index in [1.165, 1.54) is 5.56 Å². The van der Waals surface area contributed by atoms with Crippen molar-refractivity contribution in [2.24, 2.45) is 0 Å². The number of amides is 1. The van der Waals surface area contributed by atoms with Gasteiger partial charge in [0.1, 0.15) is 5.75 Å². The summed E-state index contributed by atoms with van der Waals surface area (Å²) in [7, 11) is 1.64. The maximum Gasteiger partial charge on any atom is 0.254 e. The summed E-state index contributed by atoms with van der Waals surface area (Å²) in [5.74, 6) is 1.26. The van der Waals surface area contributed by atoms with E-state index in [1.54, 1.807) is 19.5 Å². The molecule has 2 heterocycles. The molecule has 1 N–H and O–H groups in total. The summed E-state index contributed by atoms with van der Waals surface area (Å²) >= 11 is 0. The second-order valence-corrected chi connectivity index (χ2v) is 7.18. The number of para-hydroxylation sites is 1. The van der Waals surface area contributed by atoms with Gasteiger partial charge in [-0.15, -0.1) is 0 Å². The van der Waals surface area contributed by atoms with Crippen LogP contribution in [0.1, 0.15) is 28.4 Å². The van der Waals surface area contributed by atoms with Gasteiger partial charge >= 0.3 is 0 Å². The minimum absolute atomic E-state index is 0.172. The van der Waals surface area contributed by atoms with E-state index < -0.39 is 0 Å². The predicted molar refractivity (Wildman–Crippen MR) is 113 cm³/mol. The number of nitrogens with zero attached hydrogens (tertiary/aromatic N) is 3. The molecule has 6 heteroatoms. The molecule has 0 spiro atoms. The van der Waals surface area contributed by atoms with Crippen LogP contribution in [-0.2, 0) is 12.8 Å². The number of ether oxygens (including phenoxy) is 1. The van der Waals surface area contributed by atoms with E-state index in [9.17, 15) is 4.79 Å². The second-order valence-electron chi connectivity index (χ2n) is 7.18. The highest BCUT2D eigenvalue weighted by Gasteiger charge is 2.28. The molecular weight excluding hydrogens is 364 g/mol. The Morgan fingerprint density at radius 2 is 1.97 bits per heavy atom. The molecule has 1 unspecified atom stereocenters. The van der Waals surface area contributed by atoms with Gasteiger partial charge in [-0.2, -0.15) is 0 Å². The van der Waals surface area contributed by atoms with Crippen LogP contribution in [0.4, 0.5) is 11.6 Å². The van der Waals surface area contributed by atoms with Crippen molar-refractivity contribution in [3.8, 4) is 5.75 Å². The standard InChI is InChI=1S/C23H24N4O2/c1-16-12-18-7-3-4-9-21(18)27(16)23-25-14-19(15-26-23)22(28)24-11-10-17-6-5-8-20(13-17)29-2/h3-9,13-16H,10-12H2,1-2H3,(H,24,28). The molecule has 4 rings (SSSR count). The fourth-order valence-electron chi connectivity index (χ4n) is 3.68. The smallest absolute Gasteiger partial charge is 0.254 e. The van der Waals surface area contributed by atoms with Crippen molar-refractivity contribution in [2.75, 3.05) is 18.6 Å². The molecule has 0 saturated carbocycles. The normalized spacial score (nSPS) is 15.1. The molecule has 0 bridgehead atoms. The van der Waals surface area contributed by atoms with Gasteiger partial charge in [-0.25, -0.2) is 9.97 Å². The Hall–Kier alpha value is -3.41. The van der Waals surface area contributed by atoms with E-state index in [1.807, 2.05) is 30.3 Å². The van der Waals surface area contributed by atoms with Gasteiger partial charge in [0.15, 0.2) is 0 Å². The van der Waals surface area contributed by atoms with Crippen LogP contribution in [0.25, 0.3) is 0 Å². The summed E-state index contributed by atoms with van der Waals surface area (Å²) in [5, 5.41) is 2.92. The van der Waals surface area contributed by atoms with E-state index in [0.29, 0.717) is 18.1 Å². The monoisotopic (exact) mass is 388 g/mol. The van der Waals surface area contributed by atoms with E-state index >= 15 is 0 Å². The third kappa shape index (κ3) is 4.06. The lowest BCUT2D eigenvalue weighted by molar-refractivity contribution is 0.0953. The van der Waals surface area contributed by atoms with Gasteiger partial charge in [-0.05, 0) is 49.1 Å². The van der Waals surface area contributed by atoms with Crippen LogP contribution in [0.15, 0.2) is 60.9 Å². The molecule has 1 atom stereocenters. The Morgan fingerprint density at radius 1 is 1.17 bits per heavy atom. The first-order valence-electron chi connectivity index (χ1n) is 9.76. The number of aromatic nitrogens is 2. The highest BCUT2D eigenvalue weighted by Crippen LogP contribution is 2.36. The first-order chi connectivity index (χ1) is 14.2. The molecular formula is C23H24N4O2. The van der Waals surface area contributed by atoms with Gasteiger partial charge in [-0.3, -0.25) is 4.79 Å². The highest BCUT2D eigenvalue weighted by molar-refractivity contribution is 5.93. The molecule has 148 valence electrons. The molecule has 2 aromatic carbocycles. The Balaban J connectivity index is 1.38. The number of rotatable bonds is 6. The van der Waals surface area contributed by atoms with E-state index in [4.69, 9.17) is 4.74 Å². The van der Waals surface area contributed by atoms with Crippen molar-refractivity contribution in [3.63, 3.8) is 0 Å². The van der Waals surface area contributed by atoms with Crippen molar-refractivity contribution < 1.29 is 9.53 Å². The second kappa shape index (κ2) is 8.31. The maximum atomic E-state index is 12.4. The Bertz CT molecular complexity index is 1000. The van der Waals surface area contributed by atoms with Crippen molar-refractivity contribution in [1.82, 2.24) is 15.3 Å². The lowest BCUT2D eigenvalue weighted by Crippen LogP contribution is -2.28. The molecule has 1 amide bonds. The van der Waals surface area contributed by atoms with Crippen LogP contribution in [-0.4, -0.2) is 35.6 Å². The number of fused-ring (bicyclic) bond motifs is 1. The topological polar surface area (TPSA) is 67.3 Å². The van der Waals surface area contributed by atoms with Gasteiger partial charge in [0.05, 0.1) is 12.7 Å². The minimum Gasteiger partial charge on any atom is -0.497 e. The molecule has 6 nitrogen and oxygen atoms in total. The van der Waals surface area contributed by atoms with Crippen molar-refractivity contribution in [1.29, 1.82) is 0 Å². The number of hydrogen-bond acceptors (Lipinski definition) is 5. The molecule has 1 aliphatic heterocycles. The quantitative estimate of drug-likeness (QED) is 0.700. The highest BCUT2D eigenvalue weighted by atomic mass is 16.5. The fourth-order valence-corrected chi connectivity index (χ4v) is 3.68. The van der Waals surface area contributed by atoms with Gasteiger partial charge in [0, 0.05) is 30.7 Å². The average molecular weight is 388 g/mol. The van der Waals surface area contributed by atoms with Crippen LogP contribution in [0.5, 0.6) is 5.75 Å². The molecule has 1 aromatic heterocycles. The number of methoxy groups -OCH3 is 1. The summed E-state index contributed by atoms with van der Waals surface area (Å²) in [6, 6.07) is 16.4. The lowest BCUT2D eigenvalue weighted by atomic mass is 10.1. The molecule has 0 radical (unpaired) electrons. The molecule has 1 aliphatic rings. The number of anilines is 2. The summed E-state index contributed by atoms with van der Waals surface area (Å²) < 4.78 is 5.23. The number of hydrogen-bond donors (Lipinski definition) is 1. The van der Waals surface area contributed by atoms with Gasteiger partial charge in [-0.1, -0.05) is 30.3 Å². The number of carbonyl (C=O) groups excluding carboxylic acids is 1. The lowest BCUT2D eigenvalue weighted by Gasteiger charge is -2.22. The van der Waals surface area contributed by atoms with Crippen molar-refractivity contribution >= 4 is 17.5 Å². The Kier molecular flexibility index (Phi) is 5.42. The minimum atomic E-state index is -0.172. The van der Waals surface area contributed by atoms with Gasteiger partial charge in [0.2, 0.25) is 5.95 Å². The van der Waals surface area contributed by atoms with Crippen LogP contribution in [0, 0.1) is 0 Å². The third-order valence-electron chi connectivity index (χ3n) is 5.16. The summed E-state index contributed by atoms with van der Waals surface area (Å²) in [5.41, 5.74) is 4.00. The first kappa shape index (κ1) is 18.9. The molecule has 0 aliphatic carbocycles. The van der Waals surface area contributed by atoms with E-state index in [2.05, 4.69) is 45.3 Å². The SMILES string of the molecule is COc1cccc(CCNC(=O)c2cnc(N3c4ccccc4CC3C)nc2)c1. The third-order valence-corrected chi connectivity index (χ3v) is 5.16. The Labute approximate surface area is 170 Å². The number of benzene rings is 2. The molecule has 0 saturated heterocycles. The summed E-state index contributed by atoms with van der Waals surface area (Å²) in [6.45, 7) is 2.69.